The molecule has 5 nitrogen and oxygen atoms in total. The van der Waals surface area contributed by atoms with Crippen molar-refractivity contribution in [1.29, 1.82) is 0 Å². The van der Waals surface area contributed by atoms with Gasteiger partial charge in [-0.25, -0.2) is 0 Å². The summed E-state index contributed by atoms with van der Waals surface area (Å²) in [6, 6.07) is 11.8. The summed E-state index contributed by atoms with van der Waals surface area (Å²) in [6.07, 6.45) is 5.72. The smallest absolute Gasteiger partial charge is 0.310 e. The van der Waals surface area contributed by atoms with E-state index in [1.165, 1.54) is 6.42 Å². The van der Waals surface area contributed by atoms with Gasteiger partial charge in [0.15, 0.2) is 6.61 Å². The van der Waals surface area contributed by atoms with Gasteiger partial charge in [-0.05, 0) is 41.3 Å². The molecule has 0 radical (unpaired) electrons. The summed E-state index contributed by atoms with van der Waals surface area (Å²) >= 11 is 0. The van der Waals surface area contributed by atoms with Crippen molar-refractivity contribution in [3.05, 3.63) is 42.0 Å². The molecule has 1 aliphatic carbocycles. The van der Waals surface area contributed by atoms with E-state index in [1.54, 1.807) is 7.11 Å². The van der Waals surface area contributed by atoms with Gasteiger partial charge in [-0.15, -0.1) is 0 Å². The number of carbonyl (C=O) groups excluding carboxylic acids is 2. The van der Waals surface area contributed by atoms with Gasteiger partial charge in [0, 0.05) is 6.04 Å². The number of carbonyl (C=O) groups is 2. The van der Waals surface area contributed by atoms with E-state index in [4.69, 9.17) is 9.47 Å². The molecule has 0 unspecified atom stereocenters. The van der Waals surface area contributed by atoms with Gasteiger partial charge in [0.25, 0.3) is 5.91 Å². The average molecular weight is 355 g/mol. The number of amides is 1. The standard InChI is InChI=1S/C21H25NO4/c1-25-19-10-9-16-11-15(7-8-17(16)13-19)12-21(24)26-14-20(23)22-18-5-3-2-4-6-18/h7-11,13,18H,2-6,12,14H2,1H3,(H,22,23). The minimum absolute atomic E-state index is 0.151. The fraction of sp³-hybridized carbons (Fsp3) is 0.429. The molecule has 5 heteroatoms. The van der Waals surface area contributed by atoms with Crippen LogP contribution in [0.5, 0.6) is 5.75 Å². The maximum absolute atomic E-state index is 12.0. The number of fused-ring (bicyclic) bond motifs is 1. The molecule has 0 aliphatic heterocycles. The van der Waals surface area contributed by atoms with Crippen molar-refractivity contribution in [3.63, 3.8) is 0 Å². The maximum atomic E-state index is 12.0. The Bertz CT molecular complexity index is 781. The zero-order chi connectivity index (χ0) is 18.4. The summed E-state index contributed by atoms with van der Waals surface area (Å²) in [5.74, 6) is 0.196. The van der Waals surface area contributed by atoms with Gasteiger partial charge in [0.05, 0.1) is 13.5 Å². The molecular formula is C21H25NO4. The molecule has 0 atom stereocenters. The lowest BCUT2D eigenvalue weighted by Gasteiger charge is -2.22. The minimum atomic E-state index is -0.392. The van der Waals surface area contributed by atoms with Crippen LogP contribution < -0.4 is 10.1 Å². The van der Waals surface area contributed by atoms with Gasteiger partial charge in [-0.1, -0.05) is 43.5 Å². The predicted octanol–water partition coefficient (Wildman–Crippen LogP) is 3.38. The second-order valence-electron chi connectivity index (χ2n) is 6.79. The first-order valence-electron chi connectivity index (χ1n) is 9.16. The normalized spacial score (nSPS) is 14.8. The Hall–Kier alpha value is -2.56. The third-order valence-electron chi connectivity index (χ3n) is 4.79. The first kappa shape index (κ1) is 18.2. The number of rotatable bonds is 6. The molecule has 1 N–H and O–H groups in total. The van der Waals surface area contributed by atoms with Gasteiger partial charge in [-0.3, -0.25) is 9.59 Å². The SMILES string of the molecule is COc1ccc2cc(CC(=O)OCC(=O)NC3CCCCC3)ccc2c1. The first-order valence-corrected chi connectivity index (χ1v) is 9.16. The van der Waals surface area contributed by atoms with Crippen LogP contribution in [0.3, 0.4) is 0 Å². The number of nitrogens with one attached hydrogen (secondary N) is 1. The van der Waals surface area contributed by atoms with Gasteiger partial charge in [-0.2, -0.15) is 0 Å². The van der Waals surface area contributed by atoms with E-state index in [0.717, 1.165) is 47.8 Å². The zero-order valence-corrected chi connectivity index (χ0v) is 15.1. The van der Waals surface area contributed by atoms with Crippen molar-refractivity contribution in [1.82, 2.24) is 5.32 Å². The molecule has 2 aromatic carbocycles. The van der Waals surface area contributed by atoms with Crippen LogP contribution in [0.25, 0.3) is 10.8 Å². The Labute approximate surface area is 153 Å². The van der Waals surface area contributed by atoms with E-state index in [0.29, 0.717) is 0 Å². The Kier molecular flexibility index (Phi) is 6.10. The van der Waals surface area contributed by atoms with Crippen molar-refractivity contribution >= 4 is 22.6 Å². The fourth-order valence-electron chi connectivity index (χ4n) is 3.39. The molecule has 0 bridgehead atoms. The minimum Gasteiger partial charge on any atom is -0.497 e. The van der Waals surface area contributed by atoms with Crippen molar-refractivity contribution < 1.29 is 19.1 Å². The Morgan fingerprint density at radius 3 is 2.54 bits per heavy atom. The van der Waals surface area contributed by atoms with Crippen LogP contribution in [-0.2, 0) is 20.7 Å². The van der Waals surface area contributed by atoms with E-state index in [1.807, 2.05) is 36.4 Å². The highest BCUT2D eigenvalue weighted by atomic mass is 16.5. The van der Waals surface area contributed by atoms with Gasteiger partial charge in [0.2, 0.25) is 0 Å². The van der Waals surface area contributed by atoms with Gasteiger partial charge >= 0.3 is 5.97 Å². The molecule has 138 valence electrons. The molecule has 0 heterocycles. The van der Waals surface area contributed by atoms with E-state index >= 15 is 0 Å². The number of esters is 1. The highest BCUT2D eigenvalue weighted by Gasteiger charge is 2.16. The lowest BCUT2D eigenvalue weighted by Crippen LogP contribution is -2.38. The number of ether oxygens (including phenoxy) is 2. The van der Waals surface area contributed by atoms with Crippen LogP contribution >= 0.6 is 0 Å². The van der Waals surface area contributed by atoms with Crippen LogP contribution in [0, 0.1) is 0 Å². The molecule has 3 rings (SSSR count). The molecule has 1 aliphatic rings. The van der Waals surface area contributed by atoms with Crippen molar-refractivity contribution in [2.24, 2.45) is 0 Å². The summed E-state index contributed by atoms with van der Waals surface area (Å²) in [6.45, 7) is -0.208. The maximum Gasteiger partial charge on any atom is 0.310 e. The van der Waals surface area contributed by atoms with Crippen LogP contribution in [0.1, 0.15) is 37.7 Å². The molecule has 2 aromatic rings. The Balaban J connectivity index is 1.49. The van der Waals surface area contributed by atoms with Crippen molar-refractivity contribution in [2.75, 3.05) is 13.7 Å². The predicted molar refractivity (Wildman–Crippen MR) is 100 cm³/mol. The Morgan fingerprint density at radius 1 is 1.04 bits per heavy atom. The average Bonchev–Trinajstić information content (AvgIpc) is 2.67. The van der Waals surface area contributed by atoms with Gasteiger partial charge < -0.3 is 14.8 Å². The molecule has 0 spiro atoms. The number of hydrogen-bond donors (Lipinski definition) is 1. The molecule has 1 fully saturated rings. The summed E-state index contributed by atoms with van der Waals surface area (Å²) in [7, 11) is 1.63. The molecule has 0 aromatic heterocycles. The van der Waals surface area contributed by atoms with Crippen LogP contribution in [0.15, 0.2) is 36.4 Å². The first-order chi connectivity index (χ1) is 12.6. The van der Waals surface area contributed by atoms with E-state index in [2.05, 4.69) is 5.32 Å². The molecular weight excluding hydrogens is 330 g/mol. The van der Waals surface area contributed by atoms with E-state index in [-0.39, 0.29) is 25.0 Å². The third-order valence-corrected chi connectivity index (χ3v) is 4.79. The topological polar surface area (TPSA) is 64.6 Å². The number of methoxy groups -OCH3 is 1. The second kappa shape index (κ2) is 8.70. The lowest BCUT2D eigenvalue weighted by atomic mass is 9.95. The van der Waals surface area contributed by atoms with Crippen LogP contribution in [0.2, 0.25) is 0 Å². The monoisotopic (exact) mass is 355 g/mol. The fourth-order valence-corrected chi connectivity index (χ4v) is 3.39. The number of hydrogen-bond acceptors (Lipinski definition) is 4. The quantitative estimate of drug-likeness (QED) is 0.807. The molecule has 0 saturated heterocycles. The summed E-state index contributed by atoms with van der Waals surface area (Å²) in [5, 5.41) is 5.03. The second-order valence-corrected chi connectivity index (χ2v) is 6.79. The molecule has 1 saturated carbocycles. The third kappa shape index (κ3) is 4.97. The van der Waals surface area contributed by atoms with Crippen molar-refractivity contribution in [3.8, 4) is 5.75 Å². The van der Waals surface area contributed by atoms with Gasteiger partial charge in [0.1, 0.15) is 5.75 Å². The van der Waals surface area contributed by atoms with Crippen molar-refractivity contribution in [2.45, 2.75) is 44.6 Å². The number of benzene rings is 2. The summed E-state index contributed by atoms with van der Waals surface area (Å²) in [4.78, 5) is 23.9. The largest absolute Gasteiger partial charge is 0.497 e. The highest BCUT2D eigenvalue weighted by molar-refractivity contribution is 5.86. The lowest BCUT2D eigenvalue weighted by molar-refractivity contribution is -0.148. The molecule has 26 heavy (non-hydrogen) atoms. The Morgan fingerprint density at radius 2 is 1.77 bits per heavy atom. The summed E-state index contributed by atoms with van der Waals surface area (Å²) in [5.41, 5.74) is 0.861. The van der Waals surface area contributed by atoms with Crippen LogP contribution in [0.4, 0.5) is 0 Å². The summed E-state index contributed by atoms with van der Waals surface area (Å²) < 4.78 is 10.3. The molecule has 1 amide bonds. The van der Waals surface area contributed by atoms with E-state index in [9.17, 15) is 9.59 Å². The zero-order valence-electron chi connectivity index (χ0n) is 15.1. The van der Waals surface area contributed by atoms with E-state index < -0.39 is 5.97 Å². The van der Waals surface area contributed by atoms with Crippen LogP contribution in [-0.4, -0.2) is 31.6 Å². The highest BCUT2D eigenvalue weighted by Crippen LogP contribution is 2.22.